The van der Waals surface area contributed by atoms with Gasteiger partial charge in [-0.1, -0.05) is 25.5 Å². The number of benzene rings is 2. The fourth-order valence-corrected chi connectivity index (χ4v) is 2.49. The summed E-state index contributed by atoms with van der Waals surface area (Å²) in [5, 5.41) is 14.5. The van der Waals surface area contributed by atoms with Gasteiger partial charge in [-0.25, -0.2) is 10.5 Å². The maximum absolute atomic E-state index is 12.9. The van der Waals surface area contributed by atoms with Crippen LogP contribution in [0, 0.1) is 0 Å². The zero-order valence-electron chi connectivity index (χ0n) is 16.4. The molecule has 2 rings (SSSR count). The molecular weight excluding hydrogens is 356 g/mol. The molecular formula is C21H26N4O3. The largest absolute Gasteiger partial charge is 0.378 e. The number of hydrogen-bond acceptors (Lipinski definition) is 5. The maximum atomic E-state index is 12.9. The van der Waals surface area contributed by atoms with Crippen LogP contribution in [0.25, 0.3) is 0 Å². The van der Waals surface area contributed by atoms with Gasteiger partial charge < -0.3 is 4.90 Å². The number of anilines is 1. The van der Waals surface area contributed by atoms with E-state index in [1.807, 2.05) is 31.1 Å². The molecule has 0 aliphatic carbocycles. The molecule has 7 nitrogen and oxygen atoms in total. The fraction of sp³-hybridized carbons (Fsp3) is 0.286. The summed E-state index contributed by atoms with van der Waals surface area (Å²) in [5.41, 5.74) is 4.26. The topological polar surface area (TPSA) is 85.2 Å². The molecule has 0 radical (unpaired) electrons. The monoisotopic (exact) mass is 382 g/mol. The Kier molecular flexibility index (Phi) is 7.71. The lowest BCUT2D eigenvalue weighted by Crippen LogP contribution is -2.27. The van der Waals surface area contributed by atoms with E-state index in [0.717, 1.165) is 24.1 Å². The Hall–Kier alpha value is -3.19. The van der Waals surface area contributed by atoms with Gasteiger partial charge in [0, 0.05) is 37.5 Å². The highest BCUT2D eigenvalue weighted by atomic mass is 16.5. The second-order valence-electron chi connectivity index (χ2n) is 6.53. The number of amides is 2. The van der Waals surface area contributed by atoms with E-state index in [1.165, 1.54) is 5.01 Å². The van der Waals surface area contributed by atoms with Crippen molar-refractivity contribution >= 4 is 23.7 Å². The van der Waals surface area contributed by atoms with Crippen LogP contribution in [0.5, 0.6) is 0 Å². The number of nitrogens with one attached hydrogen (secondary N) is 1. The van der Waals surface area contributed by atoms with E-state index in [1.54, 1.807) is 48.1 Å². The lowest BCUT2D eigenvalue weighted by atomic mass is 10.1. The number of nitrogens with zero attached hydrogens (tertiary/aromatic N) is 3. The van der Waals surface area contributed by atoms with Crippen LogP contribution in [-0.2, 0) is 0 Å². The molecule has 0 unspecified atom stereocenters. The predicted molar refractivity (Wildman–Crippen MR) is 110 cm³/mol. The third-order valence-electron chi connectivity index (χ3n) is 4.21. The number of hydrazone groups is 1. The van der Waals surface area contributed by atoms with Crippen molar-refractivity contribution in [3.8, 4) is 0 Å². The number of hydroxylamine groups is 1. The van der Waals surface area contributed by atoms with Crippen molar-refractivity contribution in [2.45, 2.75) is 19.8 Å². The van der Waals surface area contributed by atoms with E-state index in [0.29, 0.717) is 17.7 Å². The summed E-state index contributed by atoms with van der Waals surface area (Å²) in [6, 6.07) is 13.9. The molecule has 7 heteroatoms. The van der Waals surface area contributed by atoms with E-state index in [4.69, 9.17) is 5.21 Å². The minimum Gasteiger partial charge on any atom is -0.378 e. The third kappa shape index (κ3) is 5.65. The van der Waals surface area contributed by atoms with Gasteiger partial charge in [0.2, 0.25) is 0 Å². The number of unbranched alkanes of at least 4 members (excludes halogenated alkanes) is 1. The molecule has 0 saturated heterocycles. The van der Waals surface area contributed by atoms with E-state index in [9.17, 15) is 9.59 Å². The normalized spacial score (nSPS) is 10.7. The van der Waals surface area contributed by atoms with Gasteiger partial charge in [-0.15, -0.1) is 0 Å². The van der Waals surface area contributed by atoms with Crippen molar-refractivity contribution in [3.63, 3.8) is 0 Å². The molecule has 0 bridgehead atoms. The molecule has 0 fully saturated rings. The van der Waals surface area contributed by atoms with Crippen molar-refractivity contribution < 1.29 is 14.8 Å². The summed E-state index contributed by atoms with van der Waals surface area (Å²) in [5.74, 6) is -0.740. The second-order valence-corrected chi connectivity index (χ2v) is 6.53. The van der Waals surface area contributed by atoms with E-state index < -0.39 is 5.91 Å². The summed E-state index contributed by atoms with van der Waals surface area (Å²) < 4.78 is 0. The molecule has 2 amide bonds. The van der Waals surface area contributed by atoms with Crippen LogP contribution >= 0.6 is 0 Å². The van der Waals surface area contributed by atoms with Crippen LogP contribution in [-0.4, -0.2) is 48.9 Å². The van der Waals surface area contributed by atoms with Crippen LogP contribution in [0.3, 0.4) is 0 Å². The molecule has 0 heterocycles. The number of rotatable bonds is 8. The lowest BCUT2D eigenvalue weighted by molar-refractivity contribution is 0.0706. The second kappa shape index (κ2) is 10.2. The van der Waals surface area contributed by atoms with Crippen molar-refractivity contribution in [2.75, 3.05) is 25.5 Å². The zero-order chi connectivity index (χ0) is 20.5. The molecule has 0 saturated carbocycles. The summed E-state index contributed by atoms with van der Waals surface area (Å²) in [4.78, 5) is 26.2. The Morgan fingerprint density at radius 1 is 1.04 bits per heavy atom. The summed E-state index contributed by atoms with van der Waals surface area (Å²) in [7, 11) is 3.90. The minimum atomic E-state index is -0.579. The van der Waals surface area contributed by atoms with E-state index in [-0.39, 0.29) is 5.91 Å². The quantitative estimate of drug-likeness (QED) is 0.417. The van der Waals surface area contributed by atoms with Gasteiger partial charge in [0.15, 0.2) is 0 Å². The highest BCUT2D eigenvalue weighted by Crippen LogP contribution is 2.14. The van der Waals surface area contributed by atoms with Gasteiger partial charge in [0.25, 0.3) is 11.8 Å². The molecule has 0 aliphatic rings. The van der Waals surface area contributed by atoms with Gasteiger partial charge in [-0.3, -0.25) is 14.8 Å². The first-order valence-electron chi connectivity index (χ1n) is 9.14. The number of hydrogen-bond donors (Lipinski definition) is 2. The summed E-state index contributed by atoms with van der Waals surface area (Å²) >= 11 is 0. The van der Waals surface area contributed by atoms with Gasteiger partial charge in [-0.05, 0) is 48.4 Å². The Morgan fingerprint density at radius 3 is 2.18 bits per heavy atom. The zero-order valence-corrected chi connectivity index (χ0v) is 16.4. The average Bonchev–Trinajstić information content (AvgIpc) is 2.73. The van der Waals surface area contributed by atoms with Crippen LogP contribution in [0.4, 0.5) is 5.69 Å². The van der Waals surface area contributed by atoms with Crippen LogP contribution < -0.4 is 10.4 Å². The van der Waals surface area contributed by atoms with Gasteiger partial charge in [-0.2, -0.15) is 5.10 Å². The minimum absolute atomic E-state index is 0.161. The summed E-state index contributed by atoms with van der Waals surface area (Å²) in [6.45, 7) is 2.58. The van der Waals surface area contributed by atoms with Gasteiger partial charge >= 0.3 is 0 Å². The Balaban J connectivity index is 2.16. The van der Waals surface area contributed by atoms with Crippen molar-refractivity contribution in [1.29, 1.82) is 0 Å². The van der Waals surface area contributed by atoms with Crippen molar-refractivity contribution in [2.24, 2.45) is 5.10 Å². The van der Waals surface area contributed by atoms with Gasteiger partial charge in [0.1, 0.15) is 0 Å². The molecule has 0 spiro atoms. The Bertz CT molecular complexity index is 815. The molecule has 2 aromatic carbocycles. The van der Waals surface area contributed by atoms with Crippen LogP contribution in [0.15, 0.2) is 53.6 Å². The smallest absolute Gasteiger partial charge is 0.274 e. The maximum Gasteiger partial charge on any atom is 0.274 e. The standard InChI is InChI=1S/C21H26N4O3/c1-4-5-14-25(21(27)18-10-12-19(13-11-18)24(2)3)22-15-16-6-8-17(9-7-16)20(26)23-28/h6-13,15,28H,4-5,14H2,1-3H3,(H,23,26). The predicted octanol–water partition coefficient (Wildman–Crippen LogP) is 3.15. The van der Waals surface area contributed by atoms with Crippen molar-refractivity contribution in [1.82, 2.24) is 10.5 Å². The number of carbonyl (C=O) groups is 2. The molecule has 0 aliphatic heterocycles. The molecule has 0 aromatic heterocycles. The van der Waals surface area contributed by atoms with Crippen molar-refractivity contribution in [3.05, 3.63) is 65.2 Å². The first kappa shape index (κ1) is 21.1. The molecule has 2 N–H and O–H groups in total. The summed E-state index contributed by atoms with van der Waals surface area (Å²) in [6.07, 6.45) is 3.38. The molecule has 148 valence electrons. The number of carbonyl (C=O) groups excluding carboxylic acids is 2. The molecule has 28 heavy (non-hydrogen) atoms. The average molecular weight is 382 g/mol. The molecule has 0 atom stereocenters. The Labute approximate surface area is 165 Å². The van der Waals surface area contributed by atoms with E-state index in [2.05, 4.69) is 12.0 Å². The highest BCUT2D eigenvalue weighted by molar-refractivity contribution is 5.96. The first-order valence-corrected chi connectivity index (χ1v) is 9.14. The molecule has 2 aromatic rings. The third-order valence-corrected chi connectivity index (χ3v) is 4.21. The SMILES string of the molecule is CCCCN(N=Cc1ccc(C(=O)NO)cc1)C(=O)c1ccc(N(C)C)cc1. The van der Waals surface area contributed by atoms with Gasteiger partial charge in [0.05, 0.1) is 6.21 Å². The lowest BCUT2D eigenvalue weighted by Gasteiger charge is -2.18. The van der Waals surface area contributed by atoms with Crippen LogP contribution in [0.2, 0.25) is 0 Å². The van der Waals surface area contributed by atoms with Crippen LogP contribution in [0.1, 0.15) is 46.0 Å². The Morgan fingerprint density at radius 2 is 1.64 bits per heavy atom. The first-order chi connectivity index (χ1) is 13.5. The van der Waals surface area contributed by atoms with E-state index >= 15 is 0 Å². The highest BCUT2D eigenvalue weighted by Gasteiger charge is 2.14. The fourth-order valence-electron chi connectivity index (χ4n) is 2.49.